The highest BCUT2D eigenvalue weighted by atomic mass is 16.2. The second-order valence-electron chi connectivity index (χ2n) is 4.53. The SMILES string of the molecule is CCCN(CC(=O)NC)C(=O)NC1CCCC1. The predicted octanol–water partition coefficient (Wildman–Crippen LogP) is 1.10. The number of hydrogen-bond donors (Lipinski definition) is 2. The first kappa shape index (κ1) is 13.8. The zero-order valence-electron chi connectivity index (χ0n) is 10.8. The first-order chi connectivity index (χ1) is 8.17. The first-order valence-electron chi connectivity index (χ1n) is 6.43. The maximum atomic E-state index is 12.0. The van der Waals surface area contributed by atoms with Gasteiger partial charge in [0.25, 0.3) is 0 Å². The van der Waals surface area contributed by atoms with Crippen molar-refractivity contribution in [2.75, 3.05) is 20.1 Å². The Hall–Kier alpha value is -1.26. The molecule has 98 valence electrons. The van der Waals surface area contributed by atoms with E-state index < -0.39 is 0 Å². The largest absolute Gasteiger partial charge is 0.358 e. The van der Waals surface area contributed by atoms with Crippen molar-refractivity contribution in [3.05, 3.63) is 0 Å². The van der Waals surface area contributed by atoms with Gasteiger partial charge in [-0.1, -0.05) is 19.8 Å². The van der Waals surface area contributed by atoms with Crippen molar-refractivity contribution in [1.29, 1.82) is 0 Å². The summed E-state index contributed by atoms with van der Waals surface area (Å²) in [5, 5.41) is 5.54. The normalized spacial score (nSPS) is 15.6. The number of carbonyl (C=O) groups excluding carboxylic acids is 2. The van der Waals surface area contributed by atoms with Crippen molar-refractivity contribution in [1.82, 2.24) is 15.5 Å². The first-order valence-corrected chi connectivity index (χ1v) is 6.43. The Morgan fingerprint density at radius 3 is 2.47 bits per heavy atom. The average Bonchev–Trinajstić information content (AvgIpc) is 2.81. The quantitative estimate of drug-likeness (QED) is 0.757. The van der Waals surface area contributed by atoms with Crippen molar-refractivity contribution in [2.24, 2.45) is 0 Å². The van der Waals surface area contributed by atoms with Gasteiger partial charge < -0.3 is 15.5 Å². The molecule has 5 heteroatoms. The topological polar surface area (TPSA) is 61.4 Å². The minimum Gasteiger partial charge on any atom is -0.358 e. The minimum absolute atomic E-state index is 0.109. The summed E-state index contributed by atoms with van der Waals surface area (Å²) in [5.41, 5.74) is 0. The van der Waals surface area contributed by atoms with E-state index in [-0.39, 0.29) is 18.5 Å². The molecule has 0 bridgehead atoms. The predicted molar refractivity (Wildman–Crippen MR) is 66.7 cm³/mol. The molecule has 1 fully saturated rings. The molecule has 0 aromatic heterocycles. The Bertz CT molecular complexity index is 262. The molecule has 1 aliphatic carbocycles. The Labute approximate surface area is 103 Å². The second kappa shape index (κ2) is 7.14. The maximum absolute atomic E-state index is 12.0. The summed E-state index contributed by atoms with van der Waals surface area (Å²) in [6.45, 7) is 2.76. The molecule has 0 heterocycles. The molecule has 0 aliphatic heterocycles. The molecule has 0 unspecified atom stereocenters. The fraction of sp³-hybridized carbons (Fsp3) is 0.833. The average molecular weight is 241 g/mol. The molecule has 17 heavy (non-hydrogen) atoms. The number of urea groups is 1. The van der Waals surface area contributed by atoms with Crippen LogP contribution in [-0.4, -0.2) is 43.0 Å². The fourth-order valence-corrected chi connectivity index (χ4v) is 2.11. The maximum Gasteiger partial charge on any atom is 0.318 e. The molecule has 1 saturated carbocycles. The highest BCUT2D eigenvalue weighted by Gasteiger charge is 2.21. The van der Waals surface area contributed by atoms with Gasteiger partial charge in [0.05, 0.1) is 0 Å². The molecule has 0 saturated heterocycles. The van der Waals surface area contributed by atoms with Crippen LogP contribution in [0.2, 0.25) is 0 Å². The number of likely N-dealkylation sites (N-methyl/N-ethyl adjacent to an activating group) is 1. The van der Waals surface area contributed by atoms with Crippen LogP contribution in [0, 0.1) is 0 Å². The van der Waals surface area contributed by atoms with Crippen LogP contribution < -0.4 is 10.6 Å². The molecule has 0 radical (unpaired) electrons. The van der Waals surface area contributed by atoms with Crippen molar-refractivity contribution < 1.29 is 9.59 Å². The van der Waals surface area contributed by atoms with Crippen LogP contribution in [0.15, 0.2) is 0 Å². The summed E-state index contributed by atoms with van der Waals surface area (Å²) in [5.74, 6) is -0.125. The van der Waals surface area contributed by atoms with E-state index in [1.807, 2.05) is 6.92 Å². The summed E-state index contributed by atoms with van der Waals surface area (Å²) >= 11 is 0. The van der Waals surface area contributed by atoms with Gasteiger partial charge >= 0.3 is 6.03 Å². The lowest BCUT2D eigenvalue weighted by molar-refractivity contribution is -0.121. The molecule has 1 aliphatic rings. The highest BCUT2D eigenvalue weighted by Crippen LogP contribution is 2.17. The van der Waals surface area contributed by atoms with Gasteiger partial charge in [0.1, 0.15) is 6.54 Å². The van der Waals surface area contributed by atoms with Gasteiger partial charge in [0.2, 0.25) is 5.91 Å². The zero-order chi connectivity index (χ0) is 12.7. The third kappa shape index (κ3) is 4.63. The standard InChI is InChI=1S/C12H23N3O2/c1-3-8-15(9-11(16)13-2)12(17)14-10-6-4-5-7-10/h10H,3-9H2,1-2H3,(H,13,16)(H,14,17). The van der Waals surface area contributed by atoms with Crippen molar-refractivity contribution in [2.45, 2.75) is 45.1 Å². The molecular weight excluding hydrogens is 218 g/mol. The Morgan fingerprint density at radius 2 is 1.94 bits per heavy atom. The van der Waals surface area contributed by atoms with E-state index in [9.17, 15) is 9.59 Å². The summed E-state index contributed by atoms with van der Waals surface area (Å²) in [6, 6.07) is 0.189. The number of rotatable bonds is 5. The lowest BCUT2D eigenvalue weighted by atomic mass is 10.2. The Kier molecular flexibility index (Phi) is 5.80. The number of nitrogens with zero attached hydrogens (tertiary/aromatic N) is 1. The molecule has 2 N–H and O–H groups in total. The van der Waals surface area contributed by atoms with Crippen LogP contribution in [0.4, 0.5) is 4.79 Å². The van der Waals surface area contributed by atoms with Gasteiger partial charge in [0, 0.05) is 19.6 Å². The number of carbonyl (C=O) groups is 2. The molecule has 0 spiro atoms. The number of hydrogen-bond acceptors (Lipinski definition) is 2. The van der Waals surface area contributed by atoms with E-state index in [0.29, 0.717) is 12.6 Å². The molecule has 5 nitrogen and oxygen atoms in total. The molecule has 0 aromatic rings. The molecular formula is C12H23N3O2. The van der Waals surface area contributed by atoms with Crippen molar-refractivity contribution in [3.63, 3.8) is 0 Å². The van der Waals surface area contributed by atoms with E-state index in [2.05, 4.69) is 10.6 Å². The third-order valence-corrected chi connectivity index (χ3v) is 3.08. The molecule has 0 aromatic carbocycles. The van der Waals surface area contributed by atoms with Gasteiger partial charge in [-0.3, -0.25) is 4.79 Å². The zero-order valence-corrected chi connectivity index (χ0v) is 10.8. The monoisotopic (exact) mass is 241 g/mol. The van der Waals surface area contributed by atoms with Gasteiger partial charge in [-0.15, -0.1) is 0 Å². The second-order valence-corrected chi connectivity index (χ2v) is 4.53. The van der Waals surface area contributed by atoms with E-state index in [4.69, 9.17) is 0 Å². The fourth-order valence-electron chi connectivity index (χ4n) is 2.11. The van der Waals surface area contributed by atoms with Crippen LogP contribution in [0.25, 0.3) is 0 Å². The van der Waals surface area contributed by atoms with Gasteiger partial charge in [-0.2, -0.15) is 0 Å². The van der Waals surface area contributed by atoms with Crippen LogP contribution >= 0.6 is 0 Å². The summed E-state index contributed by atoms with van der Waals surface area (Å²) in [4.78, 5) is 24.9. The molecule has 1 rings (SSSR count). The van der Waals surface area contributed by atoms with Gasteiger partial charge in [0.15, 0.2) is 0 Å². The van der Waals surface area contributed by atoms with Crippen LogP contribution in [0.3, 0.4) is 0 Å². The van der Waals surface area contributed by atoms with E-state index in [1.54, 1.807) is 11.9 Å². The van der Waals surface area contributed by atoms with E-state index >= 15 is 0 Å². The van der Waals surface area contributed by atoms with E-state index in [1.165, 1.54) is 12.8 Å². The van der Waals surface area contributed by atoms with E-state index in [0.717, 1.165) is 19.3 Å². The van der Waals surface area contributed by atoms with Crippen LogP contribution in [-0.2, 0) is 4.79 Å². The Morgan fingerprint density at radius 1 is 1.29 bits per heavy atom. The summed E-state index contributed by atoms with van der Waals surface area (Å²) in [6.07, 6.45) is 5.36. The smallest absolute Gasteiger partial charge is 0.318 e. The summed E-state index contributed by atoms with van der Waals surface area (Å²) in [7, 11) is 1.58. The van der Waals surface area contributed by atoms with Crippen molar-refractivity contribution in [3.8, 4) is 0 Å². The lowest BCUT2D eigenvalue weighted by Crippen LogP contribution is -2.47. The molecule has 0 atom stereocenters. The number of amides is 3. The third-order valence-electron chi connectivity index (χ3n) is 3.08. The lowest BCUT2D eigenvalue weighted by Gasteiger charge is -2.23. The van der Waals surface area contributed by atoms with Gasteiger partial charge in [-0.05, 0) is 19.3 Å². The summed E-state index contributed by atoms with van der Waals surface area (Å²) < 4.78 is 0. The Balaban J connectivity index is 2.43. The minimum atomic E-state index is -0.125. The number of nitrogens with one attached hydrogen (secondary N) is 2. The molecule has 3 amide bonds. The van der Waals surface area contributed by atoms with Gasteiger partial charge in [-0.25, -0.2) is 4.79 Å². The van der Waals surface area contributed by atoms with Crippen molar-refractivity contribution >= 4 is 11.9 Å². The van der Waals surface area contributed by atoms with Crippen LogP contribution in [0.5, 0.6) is 0 Å². The highest BCUT2D eigenvalue weighted by molar-refractivity contribution is 5.83. The van der Waals surface area contributed by atoms with Crippen LogP contribution in [0.1, 0.15) is 39.0 Å².